The van der Waals surface area contributed by atoms with Crippen LogP contribution in [0, 0.1) is 11.7 Å². The van der Waals surface area contributed by atoms with Gasteiger partial charge in [-0.2, -0.15) is 0 Å². The van der Waals surface area contributed by atoms with Gasteiger partial charge in [-0.05, 0) is 35.9 Å². The Balaban J connectivity index is 2.29. The average Bonchev–Trinajstić information content (AvgIpc) is 2.71. The van der Waals surface area contributed by atoms with Crippen molar-refractivity contribution in [2.75, 3.05) is 0 Å². The average molecular weight is 251 g/mol. The Morgan fingerprint density at radius 2 is 2.12 bits per heavy atom. The summed E-state index contributed by atoms with van der Waals surface area (Å²) in [5.41, 5.74) is 6.24. The molecule has 0 amide bonds. The number of hydrogen-bond acceptors (Lipinski definition) is 2. The molecule has 1 aromatic carbocycles. The Morgan fingerprint density at radius 1 is 1.35 bits per heavy atom. The van der Waals surface area contributed by atoms with E-state index in [0.717, 1.165) is 27.8 Å². The van der Waals surface area contributed by atoms with Crippen molar-refractivity contribution in [1.82, 2.24) is 0 Å². The van der Waals surface area contributed by atoms with E-state index in [1.54, 1.807) is 17.4 Å². The highest BCUT2D eigenvalue weighted by atomic mass is 32.1. The predicted octanol–water partition coefficient (Wildman–Crippen LogP) is 4.48. The molecule has 0 saturated heterocycles. The highest BCUT2D eigenvalue weighted by molar-refractivity contribution is 7.19. The van der Waals surface area contributed by atoms with Crippen LogP contribution in [0.1, 0.15) is 37.6 Å². The molecule has 0 fully saturated rings. The fourth-order valence-corrected chi connectivity index (χ4v) is 3.33. The van der Waals surface area contributed by atoms with E-state index in [1.807, 2.05) is 6.07 Å². The third kappa shape index (κ3) is 2.67. The normalized spacial score (nSPS) is 15.1. The fourth-order valence-electron chi connectivity index (χ4n) is 2.11. The van der Waals surface area contributed by atoms with Crippen molar-refractivity contribution in [3.63, 3.8) is 0 Å². The molecule has 1 nitrogen and oxygen atoms in total. The molecule has 3 heteroatoms. The first-order valence-electron chi connectivity index (χ1n) is 6.06. The number of rotatable bonds is 4. The van der Waals surface area contributed by atoms with E-state index in [0.29, 0.717) is 5.92 Å². The van der Waals surface area contributed by atoms with Gasteiger partial charge >= 0.3 is 0 Å². The summed E-state index contributed by atoms with van der Waals surface area (Å²) in [6.07, 6.45) is 2.28. The molecule has 2 unspecified atom stereocenters. The Hall–Kier alpha value is -0.930. The minimum atomic E-state index is -0.180. The van der Waals surface area contributed by atoms with Crippen molar-refractivity contribution in [3.05, 3.63) is 35.0 Å². The van der Waals surface area contributed by atoms with Crippen molar-refractivity contribution in [1.29, 1.82) is 0 Å². The molecule has 0 aliphatic heterocycles. The SMILES string of the molecule is CCCC(C)C(N)c1cc2ccc(F)cc2s1. The van der Waals surface area contributed by atoms with Crippen LogP contribution in [0.4, 0.5) is 4.39 Å². The maximum absolute atomic E-state index is 13.1. The van der Waals surface area contributed by atoms with Crippen LogP contribution in [-0.4, -0.2) is 0 Å². The number of fused-ring (bicyclic) bond motifs is 1. The highest BCUT2D eigenvalue weighted by Gasteiger charge is 2.16. The van der Waals surface area contributed by atoms with Crippen LogP contribution in [0.15, 0.2) is 24.3 Å². The highest BCUT2D eigenvalue weighted by Crippen LogP contribution is 2.33. The number of hydrogen-bond donors (Lipinski definition) is 1. The summed E-state index contributed by atoms with van der Waals surface area (Å²) in [5, 5.41) is 1.09. The van der Waals surface area contributed by atoms with Crippen molar-refractivity contribution < 1.29 is 4.39 Å². The topological polar surface area (TPSA) is 26.0 Å². The summed E-state index contributed by atoms with van der Waals surface area (Å²) >= 11 is 1.61. The zero-order valence-corrected chi connectivity index (χ0v) is 11.1. The van der Waals surface area contributed by atoms with E-state index in [-0.39, 0.29) is 11.9 Å². The van der Waals surface area contributed by atoms with Gasteiger partial charge < -0.3 is 5.73 Å². The van der Waals surface area contributed by atoms with Crippen LogP contribution >= 0.6 is 11.3 Å². The standard InChI is InChI=1S/C14H18FNS/c1-3-4-9(2)14(16)13-7-10-5-6-11(15)8-12(10)17-13/h5-9,14H,3-4,16H2,1-2H3. The second kappa shape index (κ2) is 5.15. The summed E-state index contributed by atoms with van der Waals surface area (Å²) in [5.74, 6) is 0.291. The van der Waals surface area contributed by atoms with Crippen LogP contribution in [0.2, 0.25) is 0 Å². The van der Waals surface area contributed by atoms with Gasteiger partial charge in [0.15, 0.2) is 0 Å². The summed E-state index contributed by atoms with van der Waals surface area (Å²) < 4.78 is 14.1. The van der Waals surface area contributed by atoms with Gasteiger partial charge in [0.05, 0.1) is 0 Å². The second-order valence-electron chi connectivity index (χ2n) is 4.62. The first-order valence-corrected chi connectivity index (χ1v) is 6.88. The lowest BCUT2D eigenvalue weighted by Gasteiger charge is -2.17. The molecule has 0 aliphatic carbocycles. The molecule has 92 valence electrons. The van der Waals surface area contributed by atoms with Crippen molar-refractivity contribution >= 4 is 21.4 Å². The summed E-state index contributed by atoms with van der Waals surface area (Å²) in [7, 11) is 0. The van der Waals surface area contributed by atoms with E-state index < -0.39 is 0 Å². The van der Waals surface area contributed by atoms with E-state index in [9.17, 15) is 4.39 Å². The molecule has 0 saturated carbocycles. The molecule has 2 N–H and O–H groups in total. The molecule has 17 heavy (non-hydrogen) atoms. The van der Waals surface area contributed by atoms with E-state index >= 15 is 0 Å². The van der Waals surface area contributed by atoms with Gasteiger partial charge in [0.1, 0.15) is 5.82 Å². The van der Waals surface area contributed by atoms with E-state index in [4.69, 9.17) is 5.73 Å². The van der Waals surface area contributed by atoms with Crippen molar-refractivity contribution in [2.24, 2.45) is 11.7 Å². The van der Waals surface area contributed by atoms with Gasteiger partial charge in [0, 0.05) is 15.6 Å². The molecule has 0 aliphatic rings. The minimum absolute atomic E-state index is 0.0652. The maximum Gasteiger partial charge on any atom is 0.124 e. The predicted molar refractivity (Wildman–Crippen MR) is 72.8 cm³/mol. The molecule has 0 spiro atoms. The molecule has 1 aromatic heterocycles. The molecule has 1 heterocycles. The van der Waals surface area contributed by atoms with Crippen LogP contribution in [-0.2, 0) is 0 Å². The lowest BCUT2D eigenvalue weighted by Crippen LogP contribution is -2.17. The molecule has 0 bridgehead atoms. The third-order valence-corrected chi connectivity index (χ3v) is 4.39. The van der Waals surface area contributed by atoms with Crippen LogP contribution in [0.3, 0.4) is 0 Å². The number of thiophene rings is 1. The van der Waals surface area contributed by atoms with Crippen molar-refractivity contribution in [3.8, 4) is 0 Å². The first-order chi connectivity index (χ1) is 8.11. The molecule has 2 aromatic rings. The first kappa shape index (κ1) is 12.5. The molecular formula is C14H18FNS. The Labute approximate surface area is 105 Å². The maximum atomic E-state index is 13.1. The monoisotopic (exact) mass is 251 g/mol. The van der Waals surface area contributed by atoms with Gasteiger partial charge in [-0.15, -0.1) is 11.3 Å². The largest absolute Gasteiger partial charge is 0.323 e. The van der Waals surface area contributed by atoms with Crippen molar-refractivity contribution in [2.45, 2.75) is 32.7 Å². The molecule has 2 atom stereocenters. The summed E-state index contributed by atoms with van der Waals surface area (Å²) in [6.45, 7) is 4.35. The van der Waals surface area contributed by atoms with Gasteiger partial charge in [-0.3, -0.25) is 0 Å². The smallest absolute Gasteiger partial charge is 0.124 e. The molecule has 2 rings (SSSR count). The molecular weight excluding hydrogens is 233 g/mol. The third-order valence-electron chi connectivity index (χ3n) is 3.19. The number of nitrogens with two attached hydrogens (primary N) is 1. The number of halogens is 1. The van der Waals surface area contributed by atoms with E-state index in [1.165, 1.54) is 6.07 Å². The zero-order chi connectivity index (χ0) is 12.4. The fraction of sp³-hybridized carbons (Fsp3) is 0.429. The summed E-state index contributed by atoms with van der Waals surface area (Å²) in [6, 6.07) is 7.06. The van der Waals surface area contributed by atoms with Gasteiger partial charge in [-0.1, -0.05) is 26.3 Å². The lowest BCUT2D eigenvalue weighted by atomic mass is 9.96. The van der Waals surface area contributed by atoms with E-state index in [2.05, 4.69) is 19.9 Å². The number of benzene rings is 1. The minimum Gasteiger partial charge on any atom is -0.323 e. The molecule has 0 radical (unpaired) electrons. The van der Waals surface area contributed by atoms with Crippen LogP contribution in [0.25, 0.3) is 10.1 Å². The van der Waals surface area contributed by atoms with Crippen LogP contribution in [0.5, 0.6) is 0 Å². The van der Waals surface area contributed by atoms with Gasteiger partial charge in [0.2, 0.25) is 0 Å². The van der Waals surface area contributed by atoms with Gasteiger partial charge in [-0.25, -0.2) is 4.39 Å². The Bertz CT molecular complexity index is 506. The quantitative estimate of drug-likeness (QED) is 0.852. The second-order valence-corrected chi connectivity index (χ2v) is 5.74. The van der Waals surface area contributed by atoms with Gasteiger partial charge in [0.25, 0.3) is 0 Å². The van der Waals surface area contributed by atoms with Crippen LogP contribution < -0.4 is 5.73 Å². The lowest BCUT2D eigenvalue weighted by molar-refractivity contribution is 0.439. The zero-order valence-electron chi connectivity index (χ0n) is 10.2. The Kier molecular flexibility index (Phi) is 3.79. The Morgan fingerprint density at radius 3 is 2.82 bits per heavy atom. The summed E-state index contributed by atoms with van der Waals surface area (Å²) in [4.78, 5) is 1.16.